The first kappa shape index (κ1) is 22.9. The molecule has 0 aliphatic carbocycles. The Morgan fingerprint density at radius 2 is 1.60 bits per heavy atom. The van der Waals surface area contributed by atoms with E-state index in [1.807, 2.05) is 20.8 Å². The van der Waals surface area contributed by atoms with E-state index in [0.29, 0.717) is 41.5 Å². The minimum atomic E-state index is -0.470. The second-order valence-corrected chi connectivity index (χ2v) is 7.34. The highest BCUT2D eigenvalue weighted by Crippen LogP contribution is 2.18. The van der Waals surface area contributed by atoms with Gasteiger partial charge in [-0.05, 0) is 48.7 Å². The summed E-state index contributed by atoms with van der Waals surface area (Å²) in [6.07, 6.45) is 2.25. The molecule has 3 N–H and O–H groups in total. The van der Waals surface area contributed by atoms with Gasteiger partial charge in [-0.3, -0.25) is 25.2 Å². The molecule has 0 saturated carbocycles. The molecule has 0 fully saturated rings. The highest BCUT2D eigenvalue weighted by molar-refractivity contribution is 6.00. The van der Waals surface area contributed by atoms with E-state index in [0.717, 1.165) is 12.8 Å². The standard InChI is InChI=1S/C23H29N3O4/c1-4-5-10-21(27)24-18-13-11-17(12-14-18)22(28)25-26-23(29)19-8-6-7-9-20(19)30-15-16(2)3/h6-9,11-14,16H,4-5,10,15H2,1-3H3,(H,24,27)(H,25,28)(H,26,29). The Morgan fingerprint density at radius 1 is 0.933 bits per heavy atom. The Hall–Kier alpha value is -3.35. The van der Waals surface area contributed by atoms with Crippen LogP contribution in [0.5, 0.6) is 5.75 Å². The number of benzene rings is 2. The SMILES string of the molecule is CCCCC(=O)Nc1ccc(C(=O)NNC(=O)c2ccccc2OCC(C)C)cc1. The van der Waals surface area contributed by atoms with E-state index in [1.54, 1.807) is 48.5 Å². The van der Waals surface area contributed by atoms with Gasteiger partial charge >= 0.3 is 0 Å². The van der Waals surface area contributed by atoms with Crippen molar-refractivity contribution in [1.82, 2.24) is 10.9 Å². The van der Waals surface area contributed by atoms with Gasteiger partial charge in [0.05, 0.1) is 12.2 Å². The van der Waals surface area contributed by atoms with Crippen LogP contribution in [-0.2, 0) is 4.79 Å². The van der Waals surface area contributed by atoms with Crippen LogP contribution in [0.15, 0.2) is 48.5 Å². The number of hydrogen-bond acceptors (Lipinski definition) is 4. The van der Waals surface area contributed by atoms with E-state index >= 15 is 0 Å². The molecule has 3 amide bonds. The number of para-hydroxylation sites is 1. The molecule has 0 aliphatic heterocycles. The third-order valence-electron chi connectivity index (χ3n) is 4.18. The largest absolute Gasteiger partial charge is 0.492 e. The molecule has 0 radical (unpaired) electrons. The summed E-state index contributed by atoms with van der Waals surface area (Å²) in [5.41, 5.74) is 6.11. The molecular formula is C23H29N3O4. The number of carbonyl (C=O) groups excluding carboxylic acids is 3. The van der Waals surface area contributed by atoms with E-state index in [9.17, 15) is 14.4 Å². The van der Waals surface area contributed by atoms with Crippen molar-refractivity contribution < 1.29 is 19.1 Å². The van der Waals surface area contributed by atoms with Gasteiger partial charge in [-0.25, -0.2) is 0 Å². The summed E-state index contributed by atoms with van der Waals surface area (Å²) in [6, 6.07) is 13.3. The molecule has 0 bridgehead atoms. The van der Waals surface area contributed by atoms with Gasteiger partial charge in [-0.15, -0.1) is 0 Å². The molecule has 2 rings (SSSR count). The molecular weight excluding hydrogens is 382 g/mol. The van der Waals surface area contributed by atoms with Crippen LogP contribution in [0.2, 0.25) is 0 Å². The summed E-state index contributed by atoms with van der Waals surface area (Å²) >= 11 is 0. The summed E-state index contributed by atoms with van der Waals surface area (Å²) in [7, 11) is 0. The lowest BCUT2D eigenvalue weighted by atomic mass is 10.2. The molecule has 0 atom stereocenters. The van der Waals surface area contributed by atoms with Crippen molar-refractivity contribution in [3.8, 4) is 5.75 Å². The fourth-order valence-electron chi connectivity index (χ4n) is 2.56. The van der Waals surface area contributed by atoms with E-state index < -0.39 is 11.8 Å². The molecule has 0 aliphatic rings. The second-order valence-electron chi connectivity index (χ2n) is 7.34. The minimum Gasteiger partial charge on any atom is -0.492 e. The number of unbranched alkanes of at least 4 members (excludes halogenated alkanes) is 1. The zero-order valence-corrected chi connectivity index (χ0v) is 17.7. The van der Waals surface area contributed by atoms with Crippen LogP contribution in [-0.4, -0.2) is 24.3 Å². The summed E-state index contributed by atoms with van der Waals surface area (Å²) < 4.78 is 5.67. The lowest BCUT2D eigenvalue weighted by Crippen LogP contribution is -2.41. The Labute approximate surface area is 177 Å². The minimum absolute atomic E-state index is 0.0559. The molecule has 0 unspecified atom stereocenters. The van der Waals surface area contributed by atoms with Crippen molar-refractivity contribution in [2.45, 2.75) is 40.0 Å². The topological polar surface area (TPSA) is 96.5 Å². The molecule has 0 spiro atoms. The quantitative estimate of drug-likeness (QED) is 0.545. The molecule has 7 heteroatoms. The predicted octanol–water partition coefficient (Wildman–Crippen LogP) is 3.92. The first-order valence-electron chi connectivity index (χ1n) is 10.1. The van der Waals surface area contributed by atoms with E-state index in [2.05, 4.69) is 16.2 Å². The van der Waals surface area contributed by atoms with Crippen molar-refractivity contribution in [3.63, 3.8) is 0 Å². The molecule has 160 valence electrons. The molecule has 2 aromatic carbocycles. The zero-order chi connectivity index (χ0) is 21.9. The molecule has 2 aromatic rings. The Kier molecular flexibility index (Phi) is 8.87. The number of ether oxygens (including phenoxy) is 1. The maximum atomic E-state index is 12.5. The molecule has 0 saturated heterocycles. The third kappa shape index (κ3) is 7.24. The van der Waals surface area contributed by atoms with Gasteiger partial charge in [0.15, 0.2) is 0 Å². The highest BCUT2D eigenvalue weighted by Gasteiger charge is 2.14. The van der Waals surface area contributed by atoms with Gasteiger partial charge in [0.25, 0.3) is 11.8 Å². The van der Waals surface area contributed by atoms with E-state index in [1.165, 1.54) is 0 Å². The van der Waals surface area contributed by atoms with Crippen LogP contribution in [0, 0.1) is 5.92 Å². The number of hydrazine groups is 1. The zero-order valence-electron chi connectivity index (χ0n) is 17.7. The Bertz CT molecular complexity index is 863. The van der Waals surface area contributed by atoms with Crippen molar-refractivity contribution in [2.75, 3.05) is 11.9 Å². The van der Waals surface area contributed by atoms with Crippen molar-refractivity contribution in [1.29, 1.82) is 0 Å². The number of rotatable bonds is 9. The maximum absolute atomic E-state index is 12.5. The smallest absolute Gasteiger partial charge is 0.273 e. The van der Waals surface area contributed by atoms with Crippen LogP contribution in [0.3, 0.4) is 0 Å². The van der Waals surface area contributed by atoms with Gasteiger partial charge < -0.3 is 10.1 Å². The maximum Gasteiger partial charge on any atom is 0.273 e. The third-order valence-corrected chi connectivity index (χ3v) is 4.18. The highest BCUT2D eigenvalue weighted by atomic mass is 16.5. The van der Waals surface area contributed by atoms with Crippen LogP contribution < -0.4 is 20.9 Å². The van der Waals surface area contributed by atoms with Crippen molar-refractivity contribution in [2.24, 2.45) is 5.92 Å². The number of nitrogens with one attached hydrogen (secondary N) is 3. The van der Waals surface area contributed by atoms with Gasteiger partial charge in [0, 0.05) is 17.7 Å². The number of hydrogen-bond donors (Lipinski definition) is 3. The van der Waals surface area contributed by atoms with Crippen molar-refractivity contribution in [3.05, 3.63) is 59.7 Å². The monoisotopic (exact) mass is 411 g/mol. The summed E-state index contributed by atoms with van der Waals surface area (Å²) in [4.78, 5) is 36.5. The molecule has 7 nitrogen and oxygen atoms in total. The fourth-order valence-corrected chi connectivity index (χ4v) is 2.56. The Morgan fingerprint density at radius 3 is 2.27 bits per heavy atom. The average Bonchev–Trinajstić information content (AvgIpc) is 2.75. The number of amides is 3. The van der Waals surface area contributed by atoms with Gasteiger partial charge in [-0.2, -0.15) is 0 Å². The van der Waals surface area contributed by atoms with Gasteiger partial charge in [0.1, 0.15) is 5.75 Å². The lowest BCUT2D eigenvalue weighted by molar-refractivity contribution is -0.116. The molecule has 30 heavy (non-hydrogen) atoms. The predicted molar refractivity (Wildman–Crippen MR) is 116 cm³/mol. The van der Waals surface area contributed by atoms with Crippen LogP contribution >= 0.6 is 0 Å². The number of carbonyl (C=O) groups is 3. The van der Waals surface area contributed by atoms with E-state index in [4.69, 9.17) is 4.74 Å². The van der Waals surface area contributed by atoms with E-state index in [-0.39, 0.29) is 5.91 Å². The Balaban J connectivity index is 1.91. The summed E-state index contributed by atoms with van der Waals surface area (Å²) in [5, 5.41) is 2.79. The summed E-state index contributed by atoms with van der Waals surface area (Å²) in [5.74, 6) is -0.212. The summed E-state index contributed by atoms with van der Waals surface area (Å²) in [6.45, 7) is 6.55. The van der Waals surface area contributed by atoms with Crippen LogP contribution in [0.1, 0.15) is 60.7 Å². The number of anilines is 1. The van der Waals surface area contributed by atoms with Crippen molar-refractivity contribution >= 4 is 23.4 Å². The lowest BCUT2D eigenvalue weighted by Gasteiger charge is -2.13. The van der Waals surface area contributed by atoms with Gasteiger partial charge in [-0.1, -0.05) is 39.3 Å². The first-order chi connectivity index (χ1) is 14.4. The fraction of sp³-hybridized carbons (Fsp3) is 0.348. The van der Waals surface area contributed by atoms with Gasteiger partial charge in [0.2, 0.25) is 5.91 Å². The van der Waals surface area contributed by atoms with Crippen LogP contribution in [0.25, 0.3) is 0 Å². The second kappa shape index (κ2) is 11.6. The molecule has 0 aromatic heterocycles. The average molecular weight is 412 g/mol. The van der Waals surface area contributed by atoms with Crippen LogP contribution in [0.4, 0.5) is 5.69 Å². The normalized spacial score (nSPS) is 10.4. The first-order valence-corrected chi connectivity index (χ1v) is 10.1. The molecule has 0 heterocycles.